The van der Waals surface area contributed by atoms with Crippen molar-refractivity contribution in [2.24, 2.45) is 0 Å². The van der Waals surface area contributed by atoms with Gasteiger partial charge in [0.25, 0.3) is 5.91 Å². The first-order chi connectivity index (χ1) is 14.9. The molecule has 1 aliphatic rings. The van der Waals surface area contributed by atoms with Crippen molar-refractivity contribution in [1.29, 1.82) is 0 Å². The Morgan fingerprint density at radius 3 is 2.77 bits per heavy atom. The maximum Gasteiger partial charge on any atom is 0.271 e. The van der Waals surface area contributed by atoms with Crippen LogP contribution < -0.4 is 5.32 Å². The van der Waals surface area contributed by atoms with E-state index in [1.54, 1.807) is 11.3 Å². The van der Waals surface area contributed by atoms with Crippen LogP contribution in [-0.2, 0) is 5.54 Å². The molecule has 1 aliphatic carbocycles. The molecule has 5 rings (SSSR count). The molecule has 31 heavy (non-hydrogen) atoms. The topological polar surface area (TPSA) is 62.7 Å². The van der Waals surface area contributed by atoms with Crippen LogP contribution in [0.2, 0.25) is 0 Å². The summed E-state index contributed by atoms with van der Waals surface area (Å²) in [6.07, 6.45) is 4.44. The van der Waals surface area contributed by atoms with Crippen LogP contribution >= 0.6 is 11.3 Å². The van der Waals surface area contributed by atoms with Gasteiger partial charge in [0, 0.05) is 46.1 Å². The first-order valence-electron chi connectivity index (χ1n) is 10.9. The Morgan fingerprint density at radius 1 is 1.26 bits per heavy atom. The molecule has 1 fully saturated rings. The van der Waals surface area contributed by atoms with Gasteiger partial charge in [0.05, 0.1) is 5.54 Å². The van der Waals surface area contributed by atoms with Crippen LogP contribution in [0.25, 0.3) is 10.9 Å². The van der Waals surface area contributed by atoms with Gasteiger partial charge < -0.3 is 10.3 Å². The third-order valence-electron chi connectivity index (χ3n) is 5.95. The Hall–Kier alpha value is -2.86. The number of rotatable bonds is 6. The molecule has 1 saturated carbocycles. The molecule has 1 amide bonds. The van der Waals surface area contributed by atoms with E-state index in [2.05, 4.69) is 73.0 Å². The van der Waals surface area contributed by atoms with Gasteiger partial charge in [-0.25, -0.2) is 0 Å². The van der Waals surface area contributed by atoms with Gasteiger partial charge in [-0.2, -0.15) is 5.10 Å². The molecule has 6 heteroatoms. The van der Waals surface area contributed by atoms with E-state index in [0.717, 1.165) is 5.52 Å². The fourth-order valence-electron chi connectivity index (χ4n) is 4.23. The molecule has 3 heterocycles. The highest BCUT2D eigenvalue weighted by atomic mass is 32.1. The van der Waals surface area contributed by atoms with Crippen molar-refractivity contribution in [3.8, 4) is 0 Å². The van der Waals surface area contributed by atoms with E-state index >= 15 is 0 Å². The first kappa shape index (κ1) is 20.1. The number of amides is 1. The zero-order valence-electron chi connectivity index (χ0n) is 18.2. The molecule has 2 N–H and O–H groups in total. The van der Waals surface area contributed by atoms with Crippen LogP contribution in [-0.4, -0.2) is 27.2 Å². The molecule has 4 aromatic rings. The zero-order valence-corrected chi connectivity index (χ0v) is 19.0. The van der Waals surface area contributed by atoms with Crippen molar-refractivity contribution >= 4 is 28.1 Å². The number of benzene rings is 1. The maximum absolute atomic E-state index is 13.1. The van der Waals surface area contributed by atoms with E-state index in [1.165, 1.54) is 34.4 Å². The molecule has 3 aromatic heterocycles. The number of aromatic amines is 1. The SMILES string of the molecule is CC(C)(C)n1nc(C(=O)NCC(c2cccs2)c2c[nH]c3ccccc23)cc1C1CC1. The molecule has 160 valence electrons. The van der Waals surface area contributed by atoms with Crippen molar-refractivity contribution in [2.75, 3.05) is 6.54 Å². The molecule has 0 saturated heterocycles. The number of hydrogen-bond acceptors (Lipinski definition) is 3. The number of aromatic nitrogens is 3. The lowest BCUT2D eigenvalue weighted by Crippen LogP contribution is -2.30. The third kappa shape index (κ3) is 3.92. The summed E-state index contributed by atoms with van der Waals surface area (Å²) in [6.45, 7) is 6.94. The summed E-state index contributed by atoms with van der Waals surface area (Å²) < 4.78 is 2.04. The van der Waals surface area contributed by atoms with Gasteiger partial charge in [0.15, 0.2) is 0 Å². The molecule has 1 atom stereocenters. The largest absolute Gasteiger partial charge is 0.361 e. The summed E-state index contributed by atoms with van der Waals surface area (Å²) >= 11 is 1.72. The van der Waals surface area contributed by atoms with Crippen LogP contribution in [0.5, 0.6) is 0 Å². The van der Waals surface area contributed by atoms with E-state index in [-0.39, 0.29) is 17.4 Å². The molecule has 0 bridgehead atoms. The quantitative estimate of drug-likeness (QED) is 0.415. The minimum Gasteiger partial charge on any atom is -0.361 e. The number of hydrogen-bond donors (Lipinski definition) is 2. The molecule has 1 unspecified atom stereocenters. The number of H-pyrrole nitrogens is 1. The average molecular weight is 433 g/mol. The number of nitrogens with zero attached hydrogens (tertiary/aromatic N) is 2. The molecular weight excluding hydrogens is 404 g/mol. The summed E-state index contributed by atoms with van der Waals surface area (Å²) in [7, 11) is 0. The van der Waals surface area contributed by atoms with Crippen LogP contribution in [0.15, 0.2) is 54.0 Å². The Bertz CT molecular complexity index is 1210. The minimum absolute atomic E-state index is 0.0905. The Balaban J connectivity index is 1.41. The van der Waals surface area contributed by atoms with Crippen LogP contribution in [0.4, 0.5) is 0 Å². The second kappa shape index (κ2) is 7.68. The molecule has 0 spiro atoms. The predicted molar refractivity (Wildman–Crippen MR) is 126 cm³/mol. The highest BCUT2D eigenvalue weighted by Gasteiger charge is 2.32. The molecule has 0 aliphatic heterocycles. The van der Waals surface area contributed by atoms with Gasteiger partial charge in [-0.05, 0) is 62.8 Å². The summed E-state index contributed by atoms with van der Waals surface area (Å²) in [6, 6.07) is 14.5. The van der Waals surface area contributed by atoms with E-state index in [9.17, 15) is 4.79 Å². The number of fused-ring (bicyclic) bond motifs is 1. The molecule has 0 radical (unpaired) electrons. The second-order valence-electron chi connectivity index (χ2n) is 9.38. The first-order valence-corrected chi connectivity index (χ1v) is 11.8. The monoisotopic (exact) mass is 432 g/mol. The van der Waals surface area contributed by atoms with Gasteiger partial charge in [-0.3, -0.25) is 9.48 Å². The Labute approximate surface area is 186 Å². The number of para-hydroxylation sites is 1. The average Bonchev–Trinajstić information content (AvgIpc) is 3.15. The summed E-state index contributed by atoms with van der Waals surface area (Å²) in [5.41, 5.74) is 3.88. The second-order valence-corrected chi connectivity index (χ2v) is 10.4. The smallest absolute Gasteiger partial charge is 0.271 e. The van der Waals surface area contributed by atoms with Crippen LogP contribution in [0.3, 0.4) is 0 Å². The maximum atomic E-state index is 13.1. The summed E-state index contributed by atoms with van der Waals surface area (Å²) in [4.78, 5) is 17.7. The van der Waals surface area contributed by atoms with E-state index in [1.807, 2.05) is 16.8 Å². The summed E-state index contributed by atoms with van der Waals surface area (Å²) in [5, 5.41) is 11.2. The predicted octanol–water partition coefficient (Wildman–Crippen LogP) is 5.62. The molecule has 5 nitrogen and oxygen atoms in total. The fraction of sp³-hybridized carbons (Fsp3) is 0.360. The lowest BCUT2D eigenvalue weighted by atomic mass is 9.96. The van der Waals surface area contributed by atoms with Gasteiger partial charge in [-0.1, -0.05) is 24.3 Å². The van der Waals surface area contributed by atoms with Crippen molar-refractivity contribution < 1.29 is 4.79 Å². The van der Waals surface area contributed by atoms with Crippen molar-refractivity contribution in [1.82, 2.24) is 20.1 Å². The summed E-state index contributed by atoms with van der Waals surface area (Å²) in [5.74, 6) is 0.525. The van der Waals surface area contributed by atoms with Crippen LogP contribution in [0.1, 0.15) is 72.1 Å². The standard InChI is InChI=1S/C25H28N4OS/c1-25(2,3)29-22(16-10-11-16)13-21(28-29)24(30)27-15-19(23-9-6-12-31-23)18-14-26-20-8-5-4-7-17(18)20/h4-9,12-14,16,19,26H,10-11,15H2,1-3H3,(H,27,30). The highest BCUT2D eigenvalue weighted by Crippen LogP contribution is 2.41. The van der Waals surface area contributed by atoms with E-state index < -0.39 is 0 Å². The van der Waals surface area contributed by atoms with Crippen molar-refractivity contribution in [3.05, 3.63) is 75.9 Å². The van der Waals surface area contributed by atoms with Crippen molar-refractivity contribution in [3.63, 3.8) is 0 Å². The van der Waals surface area contributed by atoms with Gasteiger partial charge in [-0.15, -0.1) is 11.3 Å². The third-order valence-corrected chi connectivity index (χ3v) is 6.94. The lowest BCUT2D eigenvalue weighted by Gasteiger charge is -2.22. The normalized spacial score (nSPS) is 15.3. The Morgan fingerprint density at radius 2 is 2.06 bits per heavy atom. The number of carbonyl (C=O) groups is 1. The number of carbonyl (C=O) groups excluding carboxylic acids is 1. The van der Waals surface area contributed by atoms with Gasteiger partial charge >= 0.3 is 0 Å². The minimum atomic E-state index is -0.139. The molecule has 1 aromatic carbocycles. The molecular formula is C25H28N4OS. The number of thiophene rings is 1. The van der Waals surface area contributed by atoms with Crippen LogP contribution in [0, 0.1) is 0 Å². The van der Waals surface area contributed by atoms with E-state index in [0.29, 0.717) is 18.2 Å². The Kier molecular flexibility index (Phi) is 4.97. The lowest BCUT2D eigenvalue weighted by molar-refractivity contribution is 0.0946. The van der Waals surface area contributed by atoms with Gasteiger partial charge in [0.2, 0.25) is 0 Å². The van der Waals surface area contributed by atoms with Gasteiger partial charge in [0.1, 0.15) is 5.69 Å². The fourth-order valence-corrected chi connectivity index (χ4v) is 5.08. The number of nitrogens with one attached hydrogen (secondary N) is 2. The van der Waals surface area contributed by atoms with Crippen molar-refractivity contribution in [2.45, 2.75) is 51.0 Å². The zero-order chi connectivity index (χ0) is 21.6. The van der Waals surface area contributed by atoms with E-state index in [4.69, 9.17) is 5.10 Å². The highest BCUT2D eigenvalue weighted by molar-refractivity contribution is 7.10.